The summed E-state index contributed by atoms with van der Waals surface area (Å²) in [4.78, 5) is 15.6. The molecule has 6 nitrogen and oxygen atoms in total. The van der Waals surface area contributed by atoms with E-state index in [1.807, 2.05) is 4.90 Å². The van der Waals surface area contributed by atoms with E-state index in [1.54, 1.807) is 31.2 Å². The molecule has 1 aliphatic rings. The van der Waals surface area contributed by atoms with Crippen LogP contribution in [0, 0.1) is 0 Å². The largest absolute Gasteiger partial charge is 0.340 e. The molecule has 2 N–H and O–H groups in total. The molecular weight excluding hydrogens is 290 g/mol. The zero-order valence-electron chi connectivity index (χ0n) is 12.2. The fraction of sp³-hybridized carbons (Fsp3) is 0.500. The predicted octanol–water partition coefficient (Wildman–Crippen LogP) is 0.0406. The number of carbonyl (C=O) groups is 1. The fourth-order valence-corrected chi connectivity index (χ4v) is 2.93. The van der Waals surface area contributed by atoms with Gasteiger partial charge in [0, 0.05) is 39.6 Å². The van der Waals surface area contributed by atoms with Crippen LogP contribution in [0.25, 0.3) is 0 Å². The highest BCUT2D eigenvalue weighted by atomic mass is 32.2. The van der Waals surface area contributed by atoms with E-state index in [1.165, 1.54) is 0 Å². The summed E-state index contributed by atoms with van der Waals surface area (Å²) in [5, 5.41) is 5.07. The molecule has 1 amide bonds. The van der Waals surface area contributed by atoms with Crippen LogP contribution >= 0.6 is 0 Å². The van der Waals surface area contributed by atoms with Gasteiger partial charge in [0.05, 0.1) is 4.90 Å². The molecule has 1 saturated heterocycles. The number of amides is 1. The molecule has 0 unspecified atom stereocenters. The molecule has 1 aromatic rings. The van der Waals surface area contributed by atoms with E-state index in [9.17, 15) is 13.2 Å². The van der Waals surface area contributed by atoms with Gasteiger partial charge >= 0.3 is 0 Å². The molecule has 116 valence electrons. The Hall–Kier alpha value is -1.44. The fourth-order valence-electron chi connectivity index (χ4n) is 2.42. The molecule has 2 rings (SSSR count). The summed E-state index contributed by atoms with van der Waals surface area (Å²) in [6, 6.07) is 6.67. The van der Waals surface area contributed by atoms with Gasteiger partial charge in [0.1, 0.15) is 0 Å². The highest BCUT2D eigenvalue weighted by molar-refractivity contribution is 7.89. The van der Waals surface area contributed by atoms with Crippen LogP contribution in [0.5, 0.6) is 0 Å². The second-order valence-corrected chi connectivity index (χ2v) is 6.85. The third-order valence-electron chi connectivity index (χ3n) is 3.79. The van der Waals surface area contributed by atoms with Gasteiger partial charge in [-0.2, -0.15) is 0 Å². The van der Waals surface area contributed by atoms with E-state index < -0.39 is 10.0 Å². The highest BCUT2D eigenvalue weighted by Crippen LogP contribution is 2.10. The van der Waals surface area contributed by atoms with Crippen molar-refractivity contribution in [3.63, 3.8) is 0 Å². The van der Waals surface area contributed by atoms with Gasteiger partial charge in [0.2, 0.25) is 15.9 Å². The monoisotopic (exact) mass is 311 g/mol. The van der Waals surface area contributed by atoms with Crippen molar-refractivity contribution in [2.24, 2.45) is 5.14 Å². The first kappa shape index (κ1) is 15.9. The van der Waals surface area contributed by atoms with Crippen molar-refractivity contribution in [3.8, 4) is 0 Å². The molecule has 1 fully saturated rings. The van der Waals surface area contributed by atoms with Crippen molar-refractivity contribution in [3.05, 3.63) is 29.8 Å². The second kappa shape index (κ2) is 6.55. The Morgan fingerprint density at radius 1 is 1.14 bits per heavy atom. The summed E-state index contributed by atoms with van der Waals surface area (Å²) in [6.07, 6.45) is 0.852. The number of rotatable bonds is 4. The van der Waals surface area contributed by atoms with Crippen LogP contribution in [0.3, 0.4) is 0 Å². The average Bonchev–Trinajstić information content (AvgIpc) is 2.45. The van der Waals surface area contributed by atoms with Gasteiger partial charge in [-0.15, -0.1) is 0 Å². The zero-order chi connectivity index (χ0) is 15.5. The number of nitrogens with zero attached hydrogens (tertiary/aromatic N) is 2. The van der Waals surface area contributed by atoms with Crippen LogP contribution in [0.15, 0.2) is 29.2 Å². The van der Waals surface area contributed by atoms with E-state index in [0.29, 0.717) is 0 Å². The first-order chi connectivity index (χ1) is 9.86. The van der Waals surface area contributed by atoms with Gasteiger partial charge in [-0.05, 0) is 24.1 Å². The first-order valence-corrected chi connectivity index (χ1v) is 8.50. The minimum atomic E-state index is -3.62. The molecule has 1 heterocycles. The maximum atomic E-state index is 11.2. The van der Waals surface area contributed by atoms with Gasteiger partial charge in [-0.25, -0.2) is 13.6 Å². The molecule has 0 atom stereocenters. The summed E-state index contributed by atoms with van der Waals surface area (Å²) < 4.78 is 22.3. The number of benzene rings is 1. The van der Waals surface area contributed by atoms with Gasteiger partial charge in [-0.3, -0.25) is 9.69 Å². The lowest BCUT2D eigenvalue weighted by molar-refractivity contribution is -0.130. The lowest BCUT2D eigenvalue weighted by atomic mass is 10.1. The molecule has 0 radical (unpaired) electrons. The van der Waals surface area contributed by atoms with Crippen LogP contribution in [0.4, 0.5) is 0 Å². The van der Waals surface area contributed by atoms with Crippen molar-refractivity contribution in [2.75, 3.05) is 32.7 Å². The van der Waals surface area contributed by atoms with E-state index >= 15 is 0 Å². The lowest BCUT2D eigenvalue weighted by Gasteiger charge is -2.34. The molecule has 7 heteroatoms. The summed E-state index contributed by atoms with van der Waals surface area (Å²) in [5.41, 5.74) is 1.08. The van der Waals surface area contributed by atoms with E-state index in [4.69, 9.17) is 5.14 Å². The quantitative estimate of drug-likeness (QED) is 0.851. The van der Waals surface area contributed by atoms with Gasteiger partial charge in [0.15, 0.2) is 0 Å². The molecule has 0 spiro atoms. The lowest BCUT2D eigenvalue weighted by Crippen LogP contribution is -2.48. The van der Waals surface area contributed by atoms with Crippen molar-refractivity contribution < 1.29 is 13.2 Å². The smallest absolute Gasteiger partial charge is 0.238 e. The SMILES string of the molecule is CC(=O)N1CCN(CCc2ccc(S(N)(=O)=O)cc2)CC1. The van der Waals surface area contributed by atoms with Crippen LogP contribution < -0.4 is 5.14 Å². The van der Waals surface area contributed by atoms with Gasteiger partial charge in [0.25, 0.3) is 0 Å². The summed E-state index contributed by atoms with van der Waals surface area (Å²) >= 11 is 0. The standard InChI is InChI=1S/C14H21N3O3S/c1-12(18)17-10-8-16(9-11-17)7-6-13-2-4-14(5-3-13)21(15,19)20/h2-5H,6-11H2,1H3,(H2,15,19,20). The number of piperazine rings is 1. The molecule has 0 aromatic heterocycles. The molecule has 21 heavy (non-hydrogen) atoms. The molecule has 1 aliphatic heterocycles. The third-order valence-corrected chi connectivity index (χ3v) is 4.72. The van der Waals surface area contributed by atoms with Crippen LogP contribution in [-0.2, 0) is 21.2 Å². The Morgan fingerprint density at radius 2 is 1.71 bits per heavy atom. The van der Waals surface area contributed by atoms with Crippen LogP contribution in [0.2, 0.25) is 0 Å². The molecule has 0 saturated carbocycles. The third kappa shape index (κ3) is 4.52. The molecule has 1 aromatic carbocycles. The molecular formula is C14H21N3O3S. The van der Waals surface area contributed by atoms with Crippen LogP contribution in [-0.4, -0.2) is 56.8 Å². The second-order valence-electron chi connectivity index (χ2n) is 5.29. The van der Waals surface area contributed by atoms with E-state index in [0.717, 1.165) is 44.7 Å². The van der Waals surface area contributed by atoms with Crippen molar-refractivity contribution in [2.45, 2.75) is 18.2 Å². The Labute approximate surface area is 125 Å². The van der Waals surface area contributed by atoms with Gasteiger partial charge < -0.3 is 4.90 Å². The van der Waals surface area contributed by atoms with Crippen molar-refractivity contribution >= 4 is 15.9 Å². The predicted molar refractivity (Wildman–Crippen MR) is 80.2 cm³/mol. The minimum Gasteiger partial charge on any atom is -0.340 e. The average molecular weight is 311 g/mol. The minimum absolute atomic E-state index is 0.133. The number of sulfonamides is 1. The zero-order valence-corrected chi connectivity index (χ0v) is 13.0. The Bertz CT molecular complexity index is 590. The van der Waals surface area contributed by atoms with E-state index in [-0.39, 0.29) is 10.8 Å². The first-order valence-electron chi connectivity index (χ1n) is 6.96. The maximum absolute atomic E-state index is 11.2. The van der Waals surface area contributed by atoms with Crippen molar-refractivity contribution in [1.82, 2.24) is 9.80 Å². The topological polar surface area (TPSA) is 83.7 Å². The number of carbonyl (C=O) groups excluding carboxylic acids is 1. The Balaban J connectivity index is 1.83. The number of hydrogen-bond acceptors (Lipinski definition) is 4. The highest BCUT2D eigenvalue weighted by Gasteiger charge is 2.18. The van der Waals surface area contributed by atoms with Crippen LogP contribution in [0.1, 0.15) is 12.5 Å². The molecule has 0 aliphatic carbocycles. The Morgan fingerprint density at radius 3 is 2.19 bits per heavy atom. The maximum Gasteiger partial charge on any atom is 0.238 e. The van der Waals surface area contributed by atoms with Crippen molar-refractivity contribution in [1.29, 1.82) is 0 Å². The number of primary sulfonamides is 1. The van der Waals surface area contributed by atoms with E-state index in [2.05, 4.69) is 4.90 Å². The number of hydrogen-bond donors (Lipinski definition) is 1. The number of nitrogens with two attached hydrogens (primary N) is 1. The summed E-state index contributed by atoms with van der Waals surface area (Å²) in [7, 11) is -3.62. The molecule has 0 bridgehead atoms. The van der Waals surface area contributed by atoms with Gasteiger partial charge in [-0.1, -0.05) is 12.1 Å². The summed E-state index contributed by atoms with van der Waals surface area (Å²) in [6.45, 7) is 5.83. The Kier molecular flexibility index (Phi) is 4.97. The normalized spacial score (nSPS) is 17.0. The summed E-state index contributed by atoms with van der Waals surface area (Å²) in [5.74, 6) is 0.133.